The number of hydrogen-bond acceptors (Lipinski definition) is 2. The zero-order valence-electron chi connectivity index (χ0n) is 8.26. The van der Waals surface area contributed by atoms with Crippen LogP contribution in [0.1, 0.15) is 0 Å². The third-order valence-electron chi connectivity index (χ3n) is 1.63. The topological polar surface area (TPSA) is 50.4 Å². The Hall–Kier alpha value is -1.56. The van der Waals surface area contributed by atoms with Crippen LogP contribution in [-0.2, 0) is 0 Å². The number of ether oxygens (including phenoxy) is 1. The van der Waals surface area contributed by atoms with Gasteiger partial charge in [0, 0.05) is 12.7 Å². The summed E-state index contributed by atoms with van der Waals surface area (Å²) in [6, 6.07) is 3.53. The quantitative estimate of drug-likeness (QED) is 0.867. The van der Waals surface area contributed by atoms with Gasteiger partial charge in [-0.05, 0) is 18.2 Å². The predicted octanol–water partition coefficient (Wildman–Crippen LogP) is 2.69. The average molecular weight is 251 g/mol. The van der Waals surface area contributed by atoms with Crippen molar-refractivity contribution in [3.05, 3.63) is 23.2 Å². The molecule has 0 aliphatic heterocycles. The van der Waals surface area contributed by atoms with Crippen molar-refractivity contribution < 1.29 is 18.3 Å². The van der Waals surface area contributed by atoms with Gasteiger partial charge >= 0.3 is 12.6 Å². The summed E-state index contributed by atoms with van der Waals surface area (Å²) in [4.78, 5) is 10.9. The van der Waals surface area contributed by atoms with Crippen LogP contribution in [0.25, 0.3) is 0 Å². The molecule has 1 rings (SSSR count). The van der Waals surface area contributed by atoms with Gasteiger partial charge in [-0.25, -0.2) is 4.79 Å². The molecule has 4 nitrogen and oxygen atoms in total. The zero-order chi connectivity index (χ0) is 12.1. The van der Waals surface area contributed by atoms with Gasteiger partial charge in [-0.15, -0.1) is 0 Å². The second-order valence-electron chi connectivity index (χ2n) is 2.73. The predicted molar refractivity (Wildman–Crippen MR) is 56.2 cm³/mol. The molecule has 0 fully saturated rings. The van der Waals surface area contributed by atoms with Crippen LogP contribution >= 0.6 is 11.6 Å². The fourth-order valence-corrected chi connectivity index (χ4v) is 1.19. The lowest BCUT2D eigenvalue weighted by atomic mass is 10.3. The minimum atomic E-state index is -2.93. The summed E-state index contributed by atoms with van der Waals surface area (Å²) < 4.78 is 27.9. The number of anilines is 1. The average Bonchev–Trinajstić information content (AvgIpc) is 2.21. The highest BCUT2D eigenvalue weighted by molar-refractivity contribution is 6.32. The Labute approximate surface area is 95.5 Å². The maximum atomic E-state index is 11.9. The van der Waals surface area contributed by atoms with Crippen molar-refractivity contribution in [3.63, 3.8) is 0 Å². The molecule has 0 radical (unpaired) electrons. The summed E-state index contributed by atoms with van der Waals surface area (Å²) in [6.07, 6.45) is 0. The molecule has 0 heterocycles. The first kappa shape index (κ1) is 12.5. The van der Waals surface area contributed by atoms with Crippen LogP contribution in [0.4, 0.5) is 19.3 Å². The van der Waals surface area contributed by atoms with Gasteiger partial charge in [-0.1, -0.05) is 11.6 Å². The number of benzene rings is 1. The van der Waals surface area contributed by atoms with Crippen molar-refractivity contribution in [2.45, 2.75) is 6.61 Å². The van der Waals surface area contributed by atoms with Crippen LogP contribution < -0.4 is 15.4 Å². The van der Waals surface area contributed by atoms with Crippen LogP contribution in [0.3, 0.4) is 0 Å². The van der Waals surface area contributed by atoms with Crippen molar-refractivity contribution in [3.8, 4) is 5.75 Å². The zero-order valence-corrected chi connectivity index (χ0v) is 9.02. The molecule has 0 saturated carbocycles. The van der Waals surface area contributed by atoms with Crippen molar-refractivity contribution in [1.82, 2.24) is 5.32 Å². The highest BCUT2D eigenvalue weighted by atomic mass is 35.5. The van der Waals surface area contributed by atoms with E-state index >= 15 is 0 Å². The Morgan fingerprint density at radius 2 is 2.19 bits per heavy atom. The van der Waals surface area contributed by atoms with Gasteiger partial charge in [0.25, 0.3) is 0 Å². The number of nitrogens with one attached hydrogen (secondary N) is 2. The van der Waals surface area contributed by atoms with Gasteiger partial charge in [-0.2, -0.15) is 8.78 Å². The lowest BCUT2D eigenvalue weighted by molar-refractivity contribution is -0.0497. The lowest BCUT2D eigenvalue weighted by Gasteiger charge is -2.09. The molecule has 0 saturated heterocycles. The van der Waals surface area contributed by atoms with Crippen molar-refractivity contribution in [2.75, 3.05) is 12.4 Å². The second kappa shape index (κ2) is 5.50. The summed E-state index contributed by atoms with van der Waals surface area (Å²) in [5.41, 5.74) is 0.381. The fourth-order valence-electron chi connectivity index (χ4n) is 0.964. The largest absolute Gasteiger partial charge is 0.433 e. The van der Waals surface area contributed by atoms with E-state index in [0.717, 1.165) is 0 Å². The maximum absolute atomic E-state index is 11.9. The molecule has 2 N–H and O–H groups in total. The number of rotatable bonds is 3. The number of carbonyl (C=O) groups excluding carboxylic acids is 1. The molecule has 0 bridgehead atoms. The van der Waals surface area contributed by atoms with E-state index in [1.54, 1.807) is 0 Å². The molecule has 88 valence electrons. The number of halogens is 3. The summed E-state index contributed by atoms with van der Waals surface area (Å²) in [5, 5.41) is 4.77. The molecule has 0 unspecified atom stereocenters. The molecule has 1 aromatic rings. The van der Waals surface area contributed by atoms with Crippen LogP contribution in [-0.4, -0.2) is 19.7 Å². The molecule has 0 aliphatic carbocycles. The van der Waals surface area contributed by atoms with E-state index < -0.39 is 12.6 Å². The molecule has 0 aliphatic rings. The van der Waals surface area contributed by atoms with Gasteiger partial charge in [0.2, 0.25) is 0 Å². The van der Waals surface area contributed by atoms with Gasteiger partial charge < -0.3 is 15.4 Å². The number of amides is 2. The standard InChI is InChI=1S/C9H9ClF2N2O2/c1-13-9(15)14-5-2-3-7(6(10)4-5)16-8(11)12/h2-4,8H,1H3,(H2,13,14,15). The van der Waals surface area contributed by atoms with Gasteiger partial charge in [-0.3, -0.25) is 0 Å². The van der Waals surface area contributed by atoms with E-state index in [0.29, 0.717) is 5.69 Å². The van der Waals surface area contributed by atoms with Crippen molar-refractivity contribution in [2.24, 2.45) is 0 Å². The Morgan fingerprint density at radius 1 is 1.50 bits per heavy atom. The summed E-state index contributed by atoms with van der Waals surface area (Å²) in [5.74, 6) is -0.140. The van der Waals surface area contributed by atoms with E-state index in [2.05, 4.69) is 15.4 Å². The highest BCUT2D eigenvalue weighted by Crippen LogP contribution is 2.28. The van der Waals surface area contributed by atoms with Crippen LogP contribution in [0, 0.1) is 0 Å². The summed E-state index contributed by atoms with van der Waals surface area (Å²) in [6.45, 7) is -2.93. The molecule has 0 atom stereocenters. The first-order valence-electron chi connectivity index (χ1n) is 4.26. The number of urea groups is 1. The monoisotopic (exact) mass is 250 g/mol. The van der Waals surface area contributed by atoms with Crippen LogP contribution in [0.5, 0.6) is 5.75 Å². The second-order valence-corrected chi connectivity index (χ2v) is 3.14. The normalized spacial score (nSPS) is 10.1. The Morgan fingerprint density at radius 3 is 2.69 bits per heavy atom. The fraction of sp³-hybridized carbons (Fsp3) is 0.222. The van der Waals surface area contributed by atoms with Gasteiger partial charge in [0.05, 0.1) is 5.02 Å². The SMILES string of the molecule is CNC(=O)Nc1ccc(OC(F)F)c(Cl)c1. The van der Waals surface area contributed by atoms with Gasteiger partial charge in [0.15, 0.2) is 0 Å². The Balaban J connectivity index is 2.78. The van der Waals surface area contributed by atoms with E-state index in [4.69, 9.17) is 11.6 Å². The number of hydrogen-bond donors (Lipinski definition) is 2. The molecule has 2 amide bonds. The summed E-state index contributed by atoms with van der Waals surface area (Å²) in [7, 11) is 1.45. The summed E-state index contributed by atoms with van der Waals surface area (Å²) >= 11 is 5.67. The highest BCUT2D eigenvalue weighted by Gasteiger charge is 2.09. The Kier molecular flexibility index (Phi) is 4.30. The molecular weight excluding hydrogens is 242 g/mol. The van der Waals surface area contributed by atoms with Crippen molar-refractivity contribution >= 4 is 23.3 Å². The minimum absolute atomic E-state index is 0.00537. The van der Waals surface area contributed by atoms with E-state index in [-0.39, 0.29) is 10.8 Å². The third-order valence-corrected chi connectivity index (χ3v) is 1.93. The number of carbonyl (C=O) groups is 1. The van der Waals surface area contributed by atoms with Crippen LogP contribution in [0.2, 0.25) is 5.02 Å². The number of alkyl halides is 2. The lowest BCUT2D eigenvalue weighted by Crippen LogP contribution is -2.24. The first-order chi connectivity index (χ1) is 7.52. The van der Waals surface area contributed by atoms with E-state index in [1.807, 2.05) is 0 Å². The van der Waals surface area contributed by atoms with Crippen LogP contribution in [0.15, 0.2) is 18.2 Å². The third kappa shape index (κ3) is 3.54. The smallest absolute Gasteiger partial charge is 0.387 e. The maximum Gasteiger partial charge on any atom is 0.387 e. The molecule has 16 heavy (non-hydrogen) atoms. The Bertz CT molecular complexity index is 388. The van der Waals surface area contributed by atoms with E-state index in [1.165, 1.54) is 25.2 Å². The van der Waals surface area contributed by atoms with E-state index in [9.17, 15) is 13.6 Å². The van der Waals surface area contributed by atoms with Crippen molar-refractivity contribution in [1.29, 1.82) is 0 Å². The molecule has 0 spiro atoms. The minimum Gasteiger partial charge on any atom is -0.433 e. The van der Waals surface area contributed by atoms with Gasteiger partial charge in [0.1, 0.15) is 5.75 Å². The molecule has 0 aromatic heterocycles. The molecule has 1 aromatic carbocycles. The molecule has 7 heteroatoms. The first-order valence-corrected chi connectivity index (χ1v) is 4.64. The molecular formula is C9H9ClF2N2O2.